The van der Waals surface area contributed by atoms with Crippen LogP contribution < -0.4 is 5.32 Å². The molecule has 2 unspecified atom stereocenters. The molecule has 1 amide bonds. The van der Waals surface area contributed by atoms with E-state index in [2.05, 4.69) is 5.32 Å². The molecule has 5 nitrogen and oxygen atoms in total. The Labute approximate surface area is 82.4 Å². The van der Waals surface area contributed by atoms with Gasteiger partial charge in [0.1, 0.15) is 6.10 Å². The highest BCUT2D eigenvalue weighted by Crippen LogP contribution is 2.19. The molecule has 0 aromatic heterocycles. The zero-order chi connectivity index (χ0) is 10.7. The summed E-state index contributed by atoms with van der Waals surface area (Å²) in [5.41, 5.74) is 0. The van der Waals surface area contributed by atoms with Crippen LogP contribution in [0.15, 0.2) is 0 Å². The Morgan fingerprint density at radius 3 is 2.36 bits per heavy atom. The van der Waals surface area contributed by atoms with Crippen LogP contribution in [0.25, 0.3) is 0 Å². The number of ether oxygens (including phenoxy) is 1. The second-order valence-corrected chi connectivity index (χ2v) is 3.69. The van der Waals surface area contributed by atoms with Crippen LogP contribution in [0.5, 0.6) is 0 Å². The Balaban J connectivity index is 2.42. The lowest BCUT2D eigenvalue weighted by molar-refractivity contribution is -0.151. The third-order valence-corrected chi connectivity index (χ3v) is 2.02. The Kier molecular flexibility index (Phi) is 3.46. The first-order valence-corrected chi connectivity index (χ1v) is 4.69. The third kappa shape index (κ3) is 2.70. The van der Waals surface area contributed by atoms with E-state index in [4.69, 9.17) is 9.84 Å². The van der Waals surface area contributed by atoms with Crippen LogP contribution in [-0.4, -0.2) is 35.2 Å². The van der Waals surface area contributed by atoms with Gasteiger partial charge >= 0.3 is 5.97 Å². The number of carboxylic acids is 1. The first kappa shape index (κ1) is 11.0. The SMILES string of the molecule is CC(C)NC(=O)C1CCC(C(=O)O)O1. The number of rotatable bonds is 3. The number of hydrogen-bond donors (Lipinski definition) is 2. The molecule has 0 saturated carbocycles. The fourth-order valence-electron chi connectivity index (χ4n) is 1.39. The van der Waals surface area contributed by atoms with Crippen molar-refractivity contribution in [2.24, 2.45) is 0 Å². The molecule has 0 aromatic rings. The number of aliphatic carboxylic acids is 1. The van der Waals surface area contributed by atoms with E-state index in [1.54, 1.807) is 0 Å². The maximum Gasteiger partial charge on any atom is 0.332 e. The standard InChI is InChI=1S/C9H15NO4/c1-5(2)10-8(11)6-3-4-7(14-6)9(12)13/h5-7H,3-4H2,1-2H3,(H,10,11)(H,12,13). The molecule has 14 heavy (non-hydrogen) atoms. The molecule has 80 valence electrons. The summed E-state index contributed by atoms with van der Waals surface area (Å²) in [6.07, 6.45) is -0.530. The van der Waals surface area contributed by atoms with E-state index in [1.807, 2.05) is 13.8 Å². The molecule has 1 aliphatic rings. The Bertz CT molecular complexity index is 239. The van der Waals surface area contributed by atoms with Gasteiger partial charge in [0.25, 0.3) is 0 Å². The number of carbonyl (C=O) groups is 2. The predicted molar refractivity (Wildman–Crippen MR) is 48.8 cm³/mol. The summed E-state index contributed by atoms with van der Waals surface area (Å²) in [6.45, 7) is 3.70. The van der Waals surface area contributed by atoms with Gasteiger partial charge in [0, 0.05) is 6.04 Å². The van der Waals surface area contributed by atoms with Crippen LogP contribution in [0.4, 0.5) is 0 Å². The zero-order valence-electron chi connectivity index (χ0n) is 8.32. The van der Waals surface area contributed by atoms with E-state index in [-0.39, 0.29) is 11.9 Å². The van der Waals surface area contributed by atoms with Crippen molar-refractivity contribution in [2.45, 2.75) is 44.9 Å². The summed E-state index contributed by atoms with van der Waals surface area (Å²) in [4.78, 5) is 21.9. The van der Waals surface area contributed by atoms with Gasteiger partial charge in [-0.1, -0.05) is 0 Å². The van der Waals surface area contributed by atoms with Crippen molar-refractivity contribution in [1.82, 2.24) is 5.32 Å². The molecule has 1 rings (SSSR count). The van der Waals surface area contributed by atoms with Crippen LogP contribution in [0.3, 0.4) is 0 Å². The second-order valence-electron chi connectivity index (χ2n) is 3.69. The smallest absolute Gasteiger partial charge is 0.332 e. The highest BCUT2D eigenvalue weighted by molar-refractivity contribution is 5.82. The predicted octanol–water partition coefficient (Wildman–Crippen LogP) is 0.143. The first-order valence-electron chi connectivity index (χ1n) is 4.69. The van der Waals surface area contributed by atoms with E-state index in [9.17, 15) is 9.59 Å². The van der Waals surface area contributed by atoms with Crippen LogP contribution in [0, 0.1) is 0 Å². The van der Waals surface area contributed by atoms with Crippen LogP contribution in [0.1, 0.15) is 26.7 Å². The van der Waals surface area contributed by atoms with Gasteiger partial charge in [-0.05, 0) is 26.7 Å². The maximum absolute atomic E-state index is 11.4. The fourth-order valence-corrected chi connectivity index (χ4v) is 1.39. The normalized spacial score (nSPS) is 26.5. The van der Waals surface area contributed by atoms with E-state index in [0.717, 1.165) is 0 Å². The molecule has 0 spiro atoms. The summed E-state index contributed by atoms with van der Waals surface area (Å²) in [7, 11) is 0. The zero-order valence-corrected chi connectivity index (χ0v) is 8.32. The van der Waals surface area contributed by atoms with Crippen LogP contribution >= 0.6 is 0 Å². The third-order valence-electron chi connectivity index (χ3n) is 2.02. The number of carbonyl (C=O) groups excluding carboxylic acids is 1. The van der Waals surface area contributed by atoms with Gasteiger partial charge in [-0.25, -0.2) is 4.79 Å². The summed E-state index contributed by atoms with van der Waals surface area (Å²) in [5, 5.41) is 11.3. The molecule has 0 aromatic carbocycles. The first-order chi connectivity index (χ1) is 6.50. The topological polar surface area (TPSA) is 75.6 Å². The minimum absolute atomic E-state index is 0.0509. The molecule has 5 heteroatoms. The Morgan fingerprint density at radius 2 is 1.93 bits per heavy atom. The van der Waals surface area contributed by atoms with Crippen LogP contribution in [0.2, 0.25) is 0 Å². The molecule has 1 fully saturated rings. The minimum atomic E-state index is -0.996. The maximum atomic E-state index is 11.4. The van der Waals surface area contributed by atoms with E-state index < -0.39 is 18.2 Å². The van der Waals surface area contributed by atoms with Crippen molar-refractivity contribution in [2.75, 3.05) is 0 Å². The lowest BCUT2D eigenvalue weighted by Crippen LogP contribution is -2.39. The van der Waals surface area contributed by atoms with Gasteiger partial charge in [-0.15, -0.1) is 0 Å². The molecule has 1 heterocycles. The van der Waals surface area contributed by atoms with Gasteiger partial charge in [0.15, 0.2) is 6.10 Å². The largest absolute Gasteiger partial charge is 0.479 e. The Hall–Kier alpha value is -1.10. The molecule has 0 aliphatic carbocycles. The fraction of sp³-hybridized carbons (Fsp3) is 0.778. The van der Waals surface area contributed by atoms with Crippen molar-refractivity contribution >= 4 is 11.9 Å². The summed E-state index contributed by atoms with van der Waals surface area (Å²) < 4.78 is 5.07. The number of nitrogens with one attached hydrogen (secondary N) is 1. The van der Waals surface area contributed by atoms with Gasteiger partial charge in [0.05, 0.1) is 0 Å². The van der Waals surface area contributed by atoms with E-state index >= 15 is 0 Å². The van der Waals surface area contributed by atoms with Crippen molar-refractivity contribution in [3.63, 3.8) is 0 Å². The molecule has 0 radical (unpaired) electrons. The van der Waals surface area contributed by atoms with Crippen molar-refractivity contribution < 1.29 is 19.4 Å². The molecule has 0 bridgehead atoms. The molecule has 2 atom stereocenters. The van der Waals surface area contributed by atoms with E-state index in [1.165, 1.54) is 0 Å². The van der Waals surface area contributed by atoms with Gasteiger partial charge in [-0.3, -0.25) is 4.79 Å². The summed E-state index contributed by atoms with van der Waals surface area (Å²) in [5.74, 6) is -1.21. The molecule has 1 saturated heterocycles. The molecule has 1 aliphatic heterocycles. The highest BCUT2D eigenvalue weighted by atomic mass is 16.5. The Morgan fingerprint density at radius 1 is 1.36 bits per heavy atom. The van der Waals surface area contributed by atoms with Gasteiger partial charge in [-0.2, -0.15) is 0 Å². The van der Waals surface area contributed by atoms with E-state index in [0.29, 0.717) is 12.8 Å². The van der Waals surface area contributed by atoms with Gasteiger partial charge < -0.3 is 15.2 Å². The summed E-state index contributed by atoms with van der Waals surface area (Å²) in [6, 6.07) is 0.0509. The average molecular weight is 201 g/mol. The summed E-state index contributed by atoms with van der Waals surface area (Å²) >= 11 is 0. The second kappa shape index (κ2) is 4.41. The van der Waals surface area contributed by atoms with Crippen molar-refractivity contribution in [1.29, 1.82) is 0 Å². The minimum Gasteiger partial charge on any atom is -0.479 e. The number of amides is 1. The monoisotopic (exact) mass is 201 g/mol. The number of carboxylic acid groups (broad SMARTS) is 1. The highest BCUT2D eigenvalue weighted by Gasteiger charge is 2.34. The quantitative estimate of drug-likeness (QED) is 0.681. The van der Waals surface area contributed by atoms with Crippen molar-refractivity contribution in [3.8, 4) is 0 Å². The van der Waals surface area contributed by atoms with Crippen LogP contribution in [-0.2, 0) is 14.3 Å². The number of hydrogen-bond acceptors (Lipinski definition) is 3. The molecular weight excluding hydrogens is 186 g/mol. The lowest BCUT2D eigenvalue weighted by Gasteiger charge is -2.13. The molecular formula is C9H15NO4. The lowest BCUT2D eigenvalue weighted by atomic mass is 10.2. The average Bonchev–Trinajstić information content (AvgIpc) is 2.50. The molecule has 2 N–H and O–H groups in total. The van der Waals surface area contributed by atoms with Crippen molar-refractivity contribution in [3.05, 3.63) is 0 Å². The van der Waals surface area contributed by atoms with Gasteiger partial charge in [0.2, 0.25) is 5.91 Å².